The fourth-order valence-electron chi connectivity index (χ4n) is 1.33. The predicted octanol–water partition coefficient (Wildman–Crippen LogP) is 1.26. The van der Waals surface area contributed by atoms with Gasteiger partial charge in [-0.25, -0.2) is 14.0 Å². The van der Waals surface area contributed by atoms with Gasteiger partial charge in [0.15, 0.2) is 0 Å². The molecule has 1 atom stereocenters. The number of ether oxygens (including phenoxy) is 2. The van der Waals surface area contributed by atoms with Crippen molar-refractivity contribution in [3.63, 3.8) is 0 Å². The summed E-state index contributed by atoms with van der Waals surface area (Å²) in [5.41, 5.74) is -1.93. The molecule has 0 spiro atoms. The third kappa shape index (κ3) is 6.06. The third-order valence-corrected chi connectivity index (χ3v) is 3.25. The smallest absolute Gasteiger partial charge is 0.478 e. The minimum atomic E-state index is -4.92. The summed E-state index contributed by atoms with van der Waals surface area (Å²) in [6.45, 7) is -1.31. The van der Waals surface area contributed by atoms with Crippen LogP contribution in [-0.2, 0) is 26.0 Å². The van der Waals surface area contributed by atoms with Gasteiger partial charge in [-0.15, -0.1) is 0 Å². The highest BCUT2D eigenvalue weighted by atomic mass is 32.2. The molecule has 22 heavy (non-hydrogen) atoms. The number of carboxylic acids is 1. The van der Waals surface area contributed by atoms with Gasteiger partial charge >= 0.3 is 22.2 Å². The van der Waals surface area contributed by atoms with Crippen LogP contribution < -0.4 is 0 Å². The van der Waals surface area contributed by atoms with Gasteiger partial charge in [0, 0.05) is 6.42 Å². The van der Waals surface area contributed by atoms with Gasteiger partial charge in [-0.2, -0.15) is 8.42 Å². The van der Waals surface area contributed by atoms with Gasteiger partial charge in [-0.1, -0.05) is 12.1 Å². The van der Waals surface area contributed by atoms with Crippen molar-refractivity contribution in [2.24, 2.45) is 0 Å². The number of halogens is 1. The highest BCUT2D eigenvalue weighted by Gasteiger charge is 2.24. The average Bonchev–Trinajstić information content (AvgIpc) is 2.44. The second-order valence-electron chi connectivity index (χ2n) is 4.09. The summed E-state index contributed by atoms with van der Waals surface area (Å²) >= 11 is 0. The number of carbonyl (C=O) groups excluding carboxylic acids is 1. The first kappa shape index (κ1) is 17.9. The monoisotopic (exact) mass is 336 g/mol. The molecule has 0 aliphatic rings. The Morgan fingerprint density at radius 2 is 1.77 bits per heavy atom. The van der Waals surface area contributed by atoms with Crippen LogP contribution in [0.1, 0.15) is 15.9 Å². The van der Waals surface area contributed by atoms with Crippen molar-refractivity contribution in [2.45, 2.75) is 11.9 Å². The van der Waals surface area contributed by atoms with Crippen LogP contribution in [0.25, 0.3) is 0 Å². The molecule has 0 aromatic heterocycles. The molecule has 0 radical (unpaired) electrons. The summed E-state index contributed by atoms with van der Waals surface area (Å²) in [4.78, 5) is 21.7. The standard InChI is InChI=1S/C12H13FO8S/c13-10(22(17,18)19)7-21-12(16)20-6-5-8-1-3-9(4-2-8)11(14)15/h1-4,10H,5-7H2,(H,14,15)(H,17,18,19). The van der Waals surface area contributed by atoms with Crippen LogP contribution in [0.2, 0.25) is 0 Å². The first-order valence-corrected chi connectivity index (χ1v) is 7.42. The fourth-order valence-corrected chi connectivity index (χ4v) is 1.57. The summed E-state index contributed by atoms with van der Waals surface area (Å²) in [5, 5.41) is 8.71. The molecule has 0 saturated carbocycles. The van der Waals surface area contributed by atoms with Crippen LogP contribution in [0.15, 0.2) is 24.3 Å². The molecule has 0 aliphatic carbocycles. The van der Waals surface area contributed by atoms with Crippen molar-refractivity contribution in [1.29, 1.82) is 0 Å². The number of benzene rings is 1. The molecule has 122 valence electrons. The van der Waals surface area contributed by atoms with Crippen LogP contribution >= 0.6 is 0 Å². The van der Waals surface area contributed by atoms with Gasteiger partial charge in [-0.05, 0) is 17.7 Å². The highest BCUT2D eigenvalue weighted by Crippen LogP contribution is 2.06. The predicted molar refractivity (Wildman–Crippen MR) is 70.8 cm³/mol. The molecule has 1 aromatic rings. The van der Waals surface area contributed by atoms with Crippen LogP contribution in [0, 0.1) is 0 Å². The number of rotatable bonds is 7. The molecule has 1 unspecified atom stereocenters. The van der Waals surface area contributed by atoms with Crippen LogP contribution in [0.3, 0.4) is 0 Å². The average molecular weight is 336 g/mol. The molecular formula is C12H13FO8S. The third-order valence-electron chi connectivity index (χ3n) is 2.47. The normalized spacial score (nSPS) is 12.5. The minimum Gasteiger partial charge on any atom is -0.478 e. The second kappa shape index (κ2) is 7.71. The van der Waals surface area contributed by atoms with E-state index in [-0.39, 0.29) is 18.6 Å². The quantitative estimate of drug-likeness (QED) is 0.563. The Morgan fingerprint density at radius 3 is 2.27 bits per heavy atom. The Hall–Kier alpha value is -2.20. The topological polar surface area (TPSA) is 127 Å². The number of alkyl halides is 1. The fraction of sp³-hybridized carbons (Fsp3) is 0.333. The van der Waals surface area contributed by atoms with Gasteiger partial charge in [0.25, 0.3) is 5.50 Å². The Kier molecular flexibility index (Phi) is 6.25. The van der Waals surface area contributed by atoms with Crippen LogP contribution in [0.4, 0.5) is 9.18 Å². The van der Waals surface area contributed by atoms with Crippen molar-refractivity contribution in [1.82, 2.24) is 0 Å². The molecule has 0 saturated heterocycles. The lowest BCUT2D eigenvalue weighted by molar-refractivity contribution is 0.0473. The Balaban J connectivity index is 2.32. The van der Waals surface area contributed by atoms with E-state index in [9.17, 15) is 22.4 Å². The molecule has 0 bridgehead atoms. The zero-order chi connectivity index (χ0) is 16.8. The SMILES string of the molecule is O=C(OCCc1ccc(C(=O)O)cc1)OCC(F)S(=O)(=O)O. The van der Waals surface area contributed by atoms with E-state index in [4.69, 9.17) is 9.66 Å². The lowest BCUT2D eigenvalue weighted by atomic mass is 10.1. The Labute approximate surface area is 125 Å². The molecular weight excluding hydrogens is 323 g/mol. The molecule has 8 nitrogen and oxygen atoms in total. The van der Waals surface area contributed by atoms with Crippen molar-refractivity contribution in [3.8, 4) is 0 Å². The second-order valence-corrected chi connectivity index (χ2v) is 5.63. The number of hydrogen-bond donors (Lipinski definition) is 2. The van der Waals surface area contributed by atoms with E-state index in [0.29, 0.717) is 5.56 Å². The van der Waals surface area contributed by atoms with E-state index >= 15 is 0 Å². The Bertz CT molecular complexity index is 625. The summed E-state index contributed by atoms with van der Waals surface area (Å²) in [6.07, 6.45) is -1.03. The van der Waals surface area contributed by atoms with Gasteiger partial charge in [0.05, 0.1) is 12.2 Å². The van der Waals surface area contributed by atoms with Gasteiger partial charge in [0.2, 0.25) is 0 Å². The summed E-state index contributed by atoms with van der Waals surface area (Å²) in [6, 6.07) is 5.84. The number of hydrogen-bond acceptors (Lipinski definition) is 6. The first-order chi connectivity index (χ1) is 10.2. The van der Waals surface area contributed by atoms with Gasteiger partial charge in [0.1, 0.15) is 6.61 Å². The lowest BCUT2D eigenvalue weighted by Gasteiger charge is -2.08. The molecule has 2 N–H and O–H groups in total. The van der Waals surface area contributed by atoms with Crippen LogP contribution in [0.5, 0.6) is 0 Å². The van der Waals surface area contributed by atoms with E-state index in [2.05, 4.69) is 9.47 Å². The van der Waals surface area contributed by atoms with Crippen molar-refractivity contribution >= 4 is 22.2 Å². The lowest BCUT2D eigenvalue weighted by Crippen LogP contribution is -2.23. The van der Waals surface area contributed by atoms with Crippen molar-refractivity contribution in [2.75, 3.05) is 13.2 Å². The number of carbonyl (C=O) groups is 2. The van der Waals surface area contributed by atoms with E-state index < -0.39 is 34.4 Å². The summed E-state index contributed by atoms with van der Waals surface area (Å²) in [5.74, 6) is -1.06. The molecule has 10 heteroatoms. The molecule has 0 amide bonds. The van der Waals surface area contributed by atoms with E-state index in [1.807, 2.05) is 0 Å². The van der Waals surface area contributed by atoms with Gasteiger partial charge in [-0.3, -0.25) is 4.55 Å². The zero-order valence-electron chi connectivity index (χ0n) is 11.1. The van der Waals surface area contributed by atoms with E-state index in [0.717, 1.165) is 0 Å². The maximum Gasteiger partial charge on any atom is 0.508 e. The highest BCUT2D eigenvalue weighted by molar-refractivity contribution is 7.86. The van der Waals surface area contributed by atoms with Crippen molar-refractivity contribution in [3.05, 3.63) is 35.4 Å². The molecule has 1 aromatic carbocycles. The summed E-state index contributed by atoms with van der Waals surface area (Å²) < 4.78 is 50.4. The van der Waals surface area contributed by atoms with Crippen LogP contribution in [-0.4, -0.2) is 48.9 Å². The van der Waals surface area contributed by atoms with Gasteiger partial charge < -0.3 is 14.6 Å². The molecule has 0 heterocycles. The molecule has 1 rings (SSSR count). The molecule has 0 aliphatic heterocycles. The largest absolute Gasteiger partial charge is 0.508 e. The first-order valence-electron chi connectivity index (χ1n) is 5.92. The maximum atomic E-state index is 12.7. The van der Waals surface area contributed by atoms with Crippen molar-refractivity contribution < 1.29 is 41.5 Å². The van der Waals surface area contributed by atoms with E-state index in [1.165, 1.54) is 24.3 Å². The zero-order valence-corrected chi connectivity index (χ0v) is 12.0. The number of aromatic carboxylic acids is 1. The maximum absolute atomic E-state index is 12.7. The number of carboxylic acid groups (broad SMARTS) is 1. The summed E-state index contributed by atoms with van der Waals surface area (Å²) in [7, 11) is -4.92. The Morgan fingerprint density at radius 1 is 1.18 bits per heavy atom. The minimum absolute atomic E-state index is 0.114. The van der Waals surface area contributed by atoms with E-state index in [1.54, 1.807) is 0 Å². The molecule has 0 fully saturated rings.